The minimum absolute atomic E-state index is 0.208. The number of amides is 2. The number of benzene rings is 2. The number of aromatic nitrogens is 1. The molecule has 1 aliphatic rings. The van der Waals surface area contributed by atoms with Crippen molar-refractivity contribution in [3.63, 3.8) is 0 Å². The highest BCUT2D eigenvalue weighted by Gasteiger charge is 2.17. The van der Waals surface area contributed by atoms with Gasteiger partial charge in [-0.15, -0.1) is 0 Å². The summed E-state index contributed by atoms with van der Waals surface area (Å²) >= 11 is 0. The first-order valence-corrected chi connectivity index (χ1v) is 11.9. The van der Waals surface area contributed by atoms with E-state index in [-0.39, 0.29) is 25.3 Å². The molecule has 0 aliphatic heterocycles. The number of esters is 1. The Hall–Kier alpha value is -3.61. The summed E-state index contributed by atoms with van der Waals surface area (Å²) in [5.41, 5.74) is 4.18. The van der Waals surface area contributed by atoms with Gasteiger partial charge in [-0.1, -0.05) is 49.1 Å². The molecule has 0 radical (unpaired) electrons. The van der Waals surface area contributed by atoms with Crippen LogP contribution in [0, 0.1) is 6.92 Å². The van der Waals surface area contributed by atoms with E-state index < -0.39 is 5.97 Å². The predicted molar refractivity (Wildman–Crippen MR) is 133 cm³/mol. The highest BCUT2D eigenvalue weighted by molar-refractivity contribution is 5.95. The van der Waals surface area contributed by atoms with Gasteiger partial charge in [0, 0.05) is 28.7 Å². The van der Waals surface area contributed by atoms with E-state index in [1.807, 2.05) is 55.5 Å². The highest BCUT2D eigenvalue weighted by Crippen LogP contribution is 2.32. The summed E-state index contributed by atoms with van der Waals surface area (Å²) in [6.45, 7) is 3.87. The van der Waals surface area contributed by atoms with Crippen LogP contribution in [0.1, 0.15) is 44.6 Å². The van der Waals surface area contributed by atoms with Gasteiger partial charge in [-0.2, -0.15) is 0 Å². The van der Waals surface area contributed by atoms with Gasteiger partial charge in [-0.05, 0) is 44.9 Å². The van der Waals surface area contributed by atoms with Crippen LogP contribution in [-0.4, -0.2) is 36.2 Å². The SMILES string of the molecule is CCOC(=O)COc1cc(-c2ccc(C)cc2)nc2ccc(NC(=O)NC3CCCCC3)cc12. The molecule has 4 rings (SSSR count). The summed E-state index contributed by atoms with van der Waals surface area (Å²) in [6.07, 6.45) is 5.57. The van der Waals surface area contributed by atoms with Crippen molar-refractivity contribution in [3.05, 3.63) is 54.1 Å². The number of rotatable bonds is 7. The number of ether oxygens (including phenoxy) is 2. The fourth-order valence-corrected chi connectivity index (χ4v) is 4.20. The van der Waals surface area contributed by atoms with Crippen LogP contribution in [0.3, 0.4) is 0 Å². The number of nitrogens with one attached hydrogen (secondary N) is 2. The fourth-order valence-electron chi connectivity index (χ4n) is 4.20. The monoisotopic (exact) mass is 461 g/mol. The molecular formula is C27H31N3O4. The summed E-state index contributed by atoms with van der Waals surface area (Å²) < 4.78 is 10.9. The zero-order valence-corrected chi connectivity index (χ0v) is 19.7. The summed E-state index contributed by atoms with van der Waals surface area (Å²) in [5, 5.41) is 6.69. The van der Waals surface area contributed by atoms with E-state index in [2.05, 4.69) is 10.6 Å². The van der Waals surface area contributed by atoms with Crippen molar-refractivity contribution in [2.24, 2.45) is 0 Å². The number of carbonyl (C=O) groups excluding carboxylic acids is 2. The van der Waals surface area contributed by atoms with Gasteiger partial charge in [0.25, 0.3) is 0 Å². The molecule has 0 saturated heterocycles. The number of urea groups is 1. The van der Waals surface area contributed by atoms with Crippen molar-refractivity contribution < 1.29 is 19.1 Å². The lowest BCUT2D eigenvalue weighted by molar-refractivity contribution is -0.145. The van der Waals surface area contributed by atoms with Crippen LogP contribution in [0.15, 0.2) is 48.5 Å². The smallest absolute Gasteiger partial charge is 0.344 e. The molecule has 0 spiro atoms. The average molecular weight is 462 g/mol. The van der Waals surface area contributed by atoms with Gasteiger partial charge >= 0.3 is 12.0 Å². The van der Waals surface area contributed by atoms with Crippen molar-refractivity contribution in [1.29, 1.82) is 0 Å². The molecule has 2 amide bonds. The van der Waals surface area contributed by atoms with Crippen LogP contribution < -0.4 is 15.4 Å². The van der Waals surface area contributed by atoms with Crippen LogP contribution in [0.4, 0.5) is 10.5 Å². The predicted octanol–water partition coefficient (Wildman–Crippen LogP) is 5.61. The van der Waals surface area contributed by atoms with Gasteiger partial charge < -0.3 is 20.1 Å². The van der Waals surface area contributed by atoms with Crippen LogP contribution in [-0.2, 0) is 9.53 Å². The van der Waals surface area contributed by atoms with Crippen LogP contribution in [0.2, 0.25) is 0 Å². The second kappa shape index (κ2) is 11.0. The topological polar surface area (TPSA) is 89.6 Å². The number of hydrogen-bond donors (Lipinski definition) is 2. The van der Waals surface area contributed by atoms with Crippen molar-refractivity contribution in [2.45, 2.75) is 52.0 Å². The lowest BCUT2D eigenvalue weighted by atomic mass is 9.96. The number of hydrogen-bond acceptors (Lipinski definition) is 5. The molecule has 1 aliphatic carbocycles. The number of nitrogens with zero attached hydrogens (tertiary/aromatic N) is 1. The van der Waals surface area contributed by atoms with Gasteiger partial charge in [-0.3, -0.25) is 0 Å². The van der Waals surface area contributed by atoms with Crippen LogP contribution >= 0.6 is 0 Å². The van der Waals surface area contributed by atoms with Crippen LogP contribution in [0.5, 0.6) is 5.75 Å². The maximum absolute atomic E-state index is 12.5. The van der Waals surface area contributed by atoms with E-state index in [1.54, 1.807) is 6.92 Å². The van der Waals surface area contributed by atoms with Gasteiger partial charge in [0.1, 0.15) is 5.75 Å². The fraction of sp³-hybridized carbons (Fsp3) is 0.370. The summed E-state index contributed by atoms with van der Waals surface area (Å²) in [6, 6.07) is 15.4. The second-order valence-corrected chi connectivity index (χ2v) is 8.63. The molecule has 7 heteroatoms. The van der Waals surface area contributed by atoms with Crippen molar-refractivity contribution in [2.75, 3.05) is 18.5 Å². The zero-order chi connectivity index (χ0) is 23.9. The molecule has 1 heterocycles. The molecule has 1 saturated carbocycles. The third-order valence-electron chi connectivity index (χ3n) is 5.97. The molecule has 0 bridgehead atoms. The molecular weight excluding hydrogens is 430 g/mol. The highest BCUT2D eigenvalue weighted by atomic mass is 16.6. The van der Waals surface area contributed by atoms with Crippen LogP contribution in [0.25, 0.3) is 22.2 Å². The Labute approximate surface area is 199 Å². The largest absolute Gasteiger partial charge is 0.481 e. The third-order valence-corrected chi connectivity index (χ3v) is 5.97. The summed E-state index contributed by atoms with van der Waals surface area (Å²) in [4.78, 5) is 29.2. The maximum atomic E-state index is 12.5. The number of carbonyl (C=O) groups is 2. The quantitative estimate of drug-likeness (QED) is 0.447. The minimum Gasteiger partial charge on any atom is -0.481 e. The molecule has 2 aromatic carbocycles. The Morgan fingerprint density at radius 2 is 1.79 bits per heavy atom. The minimum atomic E-state index is -0.439. The van der Waals surface area contributed by atoms with Crippen molar-refractivity contribution >= 4 is 28.6 Å². The Morgan fingerprint density at radius 1 is 1.03 bits per heavy atom. The Balaban J connectivity index is 1.60. The molecule has 7 nitrogen and oxygen atoms in total. The van der Waals surface area contributed by atoms with E-state index in [9.17, 15) is 9.59 Å². The zero-order valence-electron chi connectivity index (χ0n) is 19.7. The lowest BCUT2D eigenvalue weighted by Crippen LogP contribution is -2.39. The molecule has 2 N–H and O–H groups in total. The number of aryl methyl sites for hydroxylation is 1. The molecule has 1 fully saturated rings. The Morgan fingerprint density at radius 3 is 2.53 bits per heavy atom. The molecule has 0 atom stereocenters. The van der Waals surface area contributed by atoms with Gasteiger partial charge in [0.15, 0.2) is 6.61 Å². The first kappa shape index (κ1) is 23.5. The third kappa shape index (κ3) is 6.04. The number of pyridine rings is 1. The van der Waals surface area contributed by atoms with Gasteiger partial charge in [-0.25, -0.2) is 14.6 Å². The van der Waals surface area contributed by atoms with Gasteiger partial charge in [0.2, 0.25) is 0 Å². The van der Waals surface area contributed by atoms with E-state index >= 15 is 0 Å². The standard InChI is InChI=1S/C27H31N3O4/c1-3-33-26(31)17-34-25-16-24(19-11-9-18(2)10-12-19)30-23-14-13-21(15-22(23)25)29-27(32)28-20-7-5-4-6-8-20/h9-16,20H,3-8,17H2,1-2H3,(H2,28,29,32). The van der Waals surface area contributed by atoms with Crippen molar-refractivity contribution in [3.8, 4) is 17.0 Å². The lowest BCUT2D eigenvalue weighted by Gasteiger charge is -2.23. The molecule has 34 heavy (non-hydrogen) atoms. The Kier molecular flexibility index (Phi) is 7.62. The molecule has 178 valence electrons. The molecule has 1 aromatic heterocycles. The van der Waals surface area contributed by atoms with E-state index in [0.717, 1.165) is 42.5 Å². The number of fused-ring (bicyclic) bond motifs is 1. The summed E-state index contributed by atoms with van der Waals surface area (Å²) in [5.74, 6) is 0.0652. The second-order valence-electron chi connectivity index (χ2n) is 8.63. The van der Waals surface area contributed by atoms with E-state index in [1.165, 1.54) is 6.42 Å². The Bertz CT molecular complexity index is 1150. The average Bonchev–Trinajstić information content (AvgIpc) is 2.83. The van der Waals surface area contributed by atoms with Gasteiger partial charge in [0.05, 0.1) is 17.8 Å². The summed E-state index contributed by atoms with van der Waals surface area (Å²) in [7, 11) is 0. The first-order valence-electron chi connectivity index (χ1n) is 11.9. The van der Waals surface area contributed by atoms with E-state index in [4.69, 9.17) is 14.5 Å². The first-order chi connectivity index (χ1) is 16.5. The molecule has 0 unspecified atom stereocenters. The maximum Gasteiger partial charge on any atom is 0.344 e. The molecule has 3 aromatic rings. The van der Waals surface area contributed by atoms with Crippen molar-refractivity contribution in [1.82, 2.24) is 10.3 Å². The van der Waals surface area contributed by atoms with E-state index in [0.29, 0.717) is 22.3 Å². The number of anilines is 1. The normalized spacial score (nSPS) is 13.9.